The second-order valence-corrected chi connectivity index (χ2v) is 5.55. The lowest BCUT2D eigenvalue weighted by atomic mass is 9.97. The third-order valence-corrected chi connectivity index (χ3v) is 3.13. The van der Waals surface area contributed by atoms with Crippen LogP contribution in [-0.2, 0) is 14.3 Å². The Hall–Kier alpha value is -0.610. The van der Waals surface area contributed by atoms with Crippen molar-refractivity contribution in [3.8, 4) is 0 Å². The molecule has 0 rings (SSSR count). The molecule has 0 aliphatic heterocycles. The summed E-state index contributed by atoms with van der Waals surface area (Å²) < 4.78 is 10.5. The number of carbonyl (C=O) groups excluding carboxylic acids is 1. The van der Waals surface area contributed by atoms with Crippen LogP contribution in [0.25, 0.3) is 0 Å². The Balaban J connectivity index is 3.97. The van der Waals surface area contributed by atoms with E-state index in [9.17, 15) is 4.79 Å². The van der Waals surface area contributed by atoms with Crippen LogP contribution in [0.4, 0.5) is 0 Å². The highest BCUT2D eigenvalue weighted by molar-refractivity contribution is 5.80. The standard InChI is InChI=1S/C15H31NO3/c1-6-7-8-9-11-19-12-10-15(4,14(17)18-5)16-13(2)3/h13,16H,6-12H2,1-5H3. The molecule has 0 aromatic carbocycles. The normalized spacial score (nSPS) is 14.4. The number of hydrogen-bond donors (Lipinski definition) is 1. The van der Waals surface area contributed by atoms with E-state index in [-0.39, 0.29) is 12.0 Å². The smallest absolute Gasteiger partial charge is 0.325 e. The van der Waals surface area contributed by atoms with Crippen LogP contribution in [0.1, 0.15) is 59.8 Å². The molecule has 114 valence electrons. The van der Waals surface area contributed by atoms with E-state index < -0.39 is 5.54 Å². The van der Waals surface area contributed by atoms with Crippen molar-refractivity contribution >= 4 is 5.97 Å². The van der Waals surface area contributed by atoms with Gasteiger partial charge in [-0.05, 0) is 33.6 Å². The van der Waals surface area contributed by atoms with Crippen LogP contribution in [0, 0.1) is 0 Å². The summed E-state index contributed by atoms with van der Waals surface area (Å²) in [6, 6.07) is 0.230. The quantitative estimate of drug-likeness (QED) is 0.464. The Morgan fingerprint density at radius 1 is 1.21 bits per heavy atom. The van der Waals surface area contributed by atoms with Crippen LogP contribution in [0.3, 0.4) is 0 Å². The number of nitrogens with one attached hydrogen (secondary N) is 1. The van der Waals surface area contributed by atoms with Crippen molar-refractivity contribution in [1.82, 2.24) is 5.32 Å². The minimum atomic E-state index is -0.660. The van der Waals surface area contributed by atoms with E-state index in [0.29, 0.717) is 13.0 Å². The highest BCUT2D eigenvalue weighted by atomic mass is 16.5. The fraction of sp³-hybridized carbons (Fsp3) is 0.933. The molecule has 1 N–H and O–H groups in total. The van der Waals surface area contributed by atoms with Crippen LogP contribution >= 0.6 is 0 Å². The maximum Gasteiger partial charge on any atom is 0.325 e. The molecule has 0 spiro atoms. The average molecular weight is 273 g/mol. The highest BCUT2D eigenvalue weighted by Gasteiger charge is 2.34. The molecule has 0 amide bonds. The maximum absolute atomic E-state index is 11.8. The third kappa shape index (κ3) is 8.22. The number of esters is 1. The van der Waals surface area contributed by atoms with Gasteiger partial charge in [0.2, 0.25) is 0 Å². The van der Waals surface area contributed by atoms with Gasteiger partial charge in [0, 0.05) is 19.3 Å². The molecular weight excluding hydrogens is 242 g/mol. The molecule has 0 bridgehead atoms. The maximum atomic E-state index is 11.8. The van der Waals surface area contributed by atoms with Gasteiger partial charge in [0.15, 0.2) is 0 Å². The van der Waals surface area contributed by atoms with E-state index in [0.717, 1.165) is 13.0 Å². The molecule has 0 aliphatic carbocycles. The van der Waals surface area contributed by atoms with Crippen molar-refractivity contribution in [3.63, 3.8) is 0 Å². The zero-order chi connectivity index (χ0) is 14.7. The summed E-state index contributed by atoms with van der Waals surface area (Å²) >= 11 is 0. The summed E-state index contributed by atoms with van der Waals surface area (Å²) in [5, 5.41) is 3.26. The van der Waals surface area contributed by atoms with Gasteiger partial charge in [-0.15, -0.1) is 0 Å². The lowest BCUT2D eigenvalue weighted by molar-refractivity contribution is -0.149. The summed E-state index contributed by atoms with van der Waals surface area (Å²) in [5.74, 6) is -0.226. The summed E-state index contributed by atoms with van der Waals surface area (Å²) in [6.45, 7) is 9.47. The van der Waals surface area contributed by atoms with Crippen molar-refractivity contribution < 1.29 is 14.3 Å². The third-order valence-electron chi connectivity index (χ3n) is 3.13. The first-order valence-electron chi connectivity index (χ1n) is 7.40. The Bertz CT molecular complexity index is 244. The number of methoxy groups -OCH3 is 1. The van der Waals surface area contributed by atoms with Gasteiger partial charge in [0.05, 0.1) is 7.11 Å². The summed E-state index contributed by atoms with van der Waals surface area (Å²) in [7, 11) is 1.42. The average Bonchev–Trinajstić information content (AvgIpc) is 2.35. The SMILES string of the molecule is CCCCCCOCCC(C)(NC(C)C)C(=O)OC. The number of carbonyl (C=O) groups is 1. The Morgan fingerprint density at radius 3 is 2.42 bits per heavy atom. The minimum Gasteiger partial charge on any atom is -0.468 e. The molecule has 19 heavy (non-hydrogen) atoms. The van der Waals surface area contributed by atoms with Gasteiger partial charge in [-0.25, -0.2) is 0 Å². The van der Waals surface area contributed by atoms with Gasteiger partial charge >= 0.3 is 5.97 Å². The molecule has 1 atom stereocenters. The summed E-state index contributed by atoms with van der Waals surface area (Å²) in [4.78, 5) is 11.8. The van der Waals surface area contributed by atoms with E-state index in [1.54, 1.807) is 0 Å². The fourth-order valence-electron chi connectivity index (χ4n) is 2.10. The van der Waals surface area contributed by atoms with Gasteiger partial charge in [-0.1, -0.05) is 26.2 Å². The van der Waals surface area contributed by atoms with Crippen molar-refractivity contribution in [2.24, 2.45) is 0 Å². The predicted molar refractivity (Wildman–Crippen MR) is 78.3 cm³/mol. The van der Waals surface area contributed by atoms with Gasteiger partial charge in [0.25, 0.3) is 0 Å². The van der Waals surface area contributed by atoms with E-state index >= 15 is 0 Å². The minimum absolute atomic E-state index is 0.226. The van der Waals surface area contributed by atoms with Crippen LogP contribution in [-0.4, -0.2) is 37.9 Å². The molecule has 0 fully saturated rings. The second kappa shape index (κ2) is 10.2. The molecule has 0 saturated carbocycles. The lowest BCUT2D eigenvalue weighted by Gasteiger charge is -2.30. The first-order valence-corrected chi connectivity index (χ1v) is 7.40. The second-order valence-electron chi connectivity index (χ2n) is 5.55. The molecule has 0 aromatic heterocycles. The molecule has 0 aromatic rings. The topological polar surface area (TPSA) is 47.6 Å². The van der Waals surface area contributed by atoms with Crippen LogP contribution in [0.5, 0.6) is 0 Å². The first kappa shape index (κ1) is 18.4. The predicted octanol–water partition coefficient (Wildman–Crippen LogP) is 2.90. The lowest BCUT2D eigenvalue weighted by Crippen LogP contribution is -2.53. The van der Waals surface area contributed by atoms with E-state index in [4.69, 9.17) is 9.47 Å². The van der Waals surface area contributed by atoms with Crippen LogP contribution < -0.4 is 5.32 Å². The van der Waals surface area contributed by atoms with E-state index in [1.807, 2.05) is 20.8 Å². The Labute approximate surface area is 118 Å². The molecule has 0 heterocycles. The number of rotatable bonds is 11. The van der Waals surface area contributed by atoms with Gasteiger partial charge in [0.1, 0.15) is 5.54 Å². The first-order chi connectivity index (χ1) is 8.96. The largest absolute Gasteiger partial charge is 0.468 e. The molecule has 0 radical (unpaired) electrons. The van der Waals surface area contributed by atoms with Crippen LogP contribution in [0.2, 0.25) is 0 Å². The van der Waals surface area contributed by atoms with Crippen molar-refractivity contribution in [2.75, 3.05) is 20.3 Å². The molecule has 1 unspecified atom stereocenters. The Morgan fingerprint density at radius 2 is 1.89 bits per heavy atom. The van der Waals surface area contributed by atoms with Crippen molar-refractivity contribution in [3.05, 3.63) is 0 Å². The zero-order valence-electron chi connectivity index (χ0n) is 13.3. The fourth-order valence-corrected chi connectivity index (χ4v) is 2.10. The van der Waals surface area contributed by atoms with Crippen LogP contribution in [0.15, 0.2) is 0 Å². The van der Waals surface area contributed by atoms with Gasteiger partial charge < -0.3 is 9.47 Å². The molecule has 0 saturated heterocycles. The summed E-state index contributed by atoms with van der Waals surface area (Å²) in [6.07, 6.45) is 5.44. The van der Waals surface area contributed by atoms with E-state index in [2.05, 4.69) is 12.2 Å². The molecule has 0 aliphatic rings. The number of ether oxygens (including phenoxy) is 2. The highest BCUT2D eigenvalue weighted by Crippen LogP contribution is 2.13. The summed E-state index contributed by atoms with van der Waals surface area (Å²) in [5.41, 5.74) is -0.660. The molecular formula is C15H31NO3. The van der Waals surface area contributed by atoms with Gasteiger partial charge in [-0.2, -0.15) is 0 Å². The number of hydrogen-bond acceptors (Lipinski definition) is 4. The zero-order valence-corrected chi connectivity index (χ0v) is 13.3. The Kier molecular flexibility index (Phi) is 9.88. The van der Waals surface area contributed by atoms with Gasteiger partial charge in [-0.3, -0.25) is 10.1 Å². The van der Waals surface area contributed by atoms with E-state index in [1.165, 1.54) is 26.4 Å². The number of unbranched alkanes of at least 4 members (excludes halogenated alkanes) is 3. The van der Waals surface area contributed by atoms with Crippen molar-refractivity contribution in [2.45, 2.75) is 71.4 Å². The van der Waals surface area contributed by atoms with Crippen molar-refractivity contribution in [1.29, 1.82) is 0 Å². The molecule has 4 heteroatoms. The molecule has 4 nitrogen and oxygen atoms in total. The monoisotopic (exact) mass is 273 g/mol.